The summed E-state index contributed by atoms with van der Waals surface area (Å²) in [5, 5.41) is 3.24. The predicted octanol–water partition coefficient (Wildman–Crippen LogP) is 30.9. The monoisotopic (exact) mass is 1860 g/mol. The summed E-state index contributed by atoms with van der Waals surface area (Å²) in [4.78, 5) is 49.2. The molecule has 17 heteroatoms. The van der Waals surface area contributed by atoms with Crippen LogP contribution in [0.25, 0.3) is 0 Å². The van der Waals surface area contributed by atoms with Crippen LogP contribution in [0.15, 0.2) is 297 Å². The lowest BCUT2D eigenvalue weighted by Crippen LogP contribution is -2.45. The van der Waals surface area contributed by atoms with Crippen molar-refractivity contribution in [2.75, 3.05) is 54.0 Å². The van der Waals surface area contributed by atoms with Crippen LogP contribution in [0, 0.1) is 23.7 Å². The molecule has 1 saturated heterocycles. The molecule has 0 unspecified atom stereocenters. The van der Waals surface area contributed by atoms with E-state index in [2.05, 4.69) is 370 Å². The van der Waals surface area contributed by atoms with Crippen molar-refractivity contribution in [3.8, 4) is 11.5 Å². The van der Waals surface area contributed by atoms with E-state index >= 15 is 0 Å². The van der Waals surface area contributed by atoms with E-state index in [-0.39, 0.29) is 11.6 Å². The molecule has 13 aromatic rings. The molecule has 0 aliphatic carbocycles. The van der Waals surface area contributed by atoms with Gasteiger partial charge in [-0.1, -0.05) is 283 Å². The maximum atomic E-state index is 11.0. The van der Waals surface area contributed by atoms with Crippen molar-refractivity contribution in [3.05, 3.63) is 368 Å². The average Bonchev–Trinajstić information content (AvgIpc) is 1.69. The fourth-order valence-corrected chi connectivity index (χ4v) is 13.8. The molecular formula is C117H174N12O3S2. The summed E-state index contributed by atoms with van der Waals surface area (Å²) in [5.41, 5.74) is 15.4. The van der Waals surface area contributed by atoms with Gasteiger partial charge in [0.15, 0.2) is 0 Å². The van der Waals surface area contributed by atoms with Crippen molar-refractivity contribution < 1.29 is 9.47 Å². The van der Waals surface area contributed by atoms with E-state index in [0.717, 1.165) is 48.0 Å². The number of aryl methyl sites for hydroxylation is 1. The van der Waals surface area contributed by atoms with Gasteiger partial charge in [0.1, 0.15) is 17.8 Å². The van der Waals surface area contributed by atoms with E-state index in [9.17, 15) is 4.79 Å². The minimum atomic E-state index is 0.0671. The van der Waals surface area contributed by atoms with Crippen LogP contribution in [0.3, 0.4) is 0 Å². The smallest absolute Gasteiger partial charge is 0.250 e. The van der Waals surface area contributed by atoms with Gasteiger partial charge in [0.2, 0.25) is 0 Å². The van der Waals surface area contributed by atoms with E-state index < -0.39 is 0 Å². The largest absolute Gasteiger partial charge is 0.497 e. The minimum absolute atomic E-state index is 0.0671. The standard InChI is InChI=1S/2C10H14O.C10H14.C9H20N2.2C9H13N.C9H12.C8H11NO.C8H13N.2C8H11N.C7H10N2.2C6H9NS/c1-8(2)9-4-6-10(11-3)7-5-9;1-8(2)9-5-4-6-10(7-9)11-3;1-9(2)8-10-6-4-3-5-7-10;1-9(2)8-11-6-4-10(3)5-7-11;1-8(2)7-9-3-5-10-6-4-9;1-8(2)6-9-4-3-5-10-7-9;1-8(2)9-6-4-3-5-7-9;1-7(2)9-6-4-3-5-8(9)10;1-7(2)8-5-4-6-9(8)3;1-7(2)8-3-5-9-6-4-8;1-7(2)8-4-3-5-9-6-8;1-6(2)7-3-8-5-9-4-7;1-5(2)6-3-7-4-8-6;1-5(2)6-7-3-4-8-6/h2*4-8H,1-3H3;3-7,9H,8H2,1-2H3;9H,4-8H2,1-3H3;3-6,8H,7H2,1-2H3;3-5,7-8H,6H2,1-2H3;3-8H,1-2H3;3-7H,1-2H3;4-7H,1-3H3;2*3-7H,1-2H3;3-6H,1-2H3;2*3-5H,1-2H3. The third-order valence-electron chi connectivity index (χ3n) is 20.4. The van der Waals surface area contributed by atoms with E-state index in [4.69, 9.17) is 9.47 Å². The third kappa shape index (κ3) is 60.7. The molecule has 10 heterocycles. The second-order valence-electron chi connectivity index (χ2n) is 37.9. The first kappa shape index (κ1) is 122. The van der Waals surface area contributed by atoms with Gasteiger partial charge in [-0.25, -0.2) is 15.0 Å². The van der Waals surface area contributed by atoms with E-state index in [1.165, 1.54) is 105 Å². The molecule has 1 aliphatic heterocycles. The average molecular weight is 1860 g/mol. The molecule has 0 spiro atoms. The Morgan fingerprint density at radius 2 is 0.799 bits per heavy atom. The van der Waals surface area contributed by atoms with Crippen LogP contribution >= 0.6 is 22.7 Å². The number of rotatable bonds is 20. The lowest BCUT2D eigenvalue weighted by molar-refractivity contribution is 0.141. The Morgan fingerprint density at radius 3 is 1.16 bits per heavy atom. The molecule has 14 rings (SSSR count). The molecule has 15 nitrogen and oxygen atoms in total. The van der Waals surface area contributed by atoms with Crippen molar-refractivity contribution in [2.45, 2.75) is 272 Å². The number of aromatic nitrogens is 10. The Labute approximate surface area is 822 Å². The first-order valence-electron chi connectivity index (χ1n) is 48.4. The molecule has 0 radical (unpaired) electrons. The van der Waals surface area contributed by atoms with Gasteiger partial charge in [0.25, 0.3) is 5.56 Å². The van der Waals surface area contributed by atoms with Gasteiger partial charge in [-0.2, -0.15) is 0 Å². The highest BCUT2D eigenvalue weighted by Gasteiger charge is 2.14. The Kier molecular flexibility index (Phi) is 67.0. The Bertz CT molecular complexity index is 4530. The molecule has 1 aliphatic rings. The second-order valence-corrected chi connectivity index (χ2v) is 39.8. The fourth-order valence-electron chi connectivity index (χ4n) is 12.5. The summed E-state index contributed by atoms with van der Waals surface area (Å²) in [6.07, 6.45) is 31.2. The second kappa shape index (κ2) is 73.9. The third-order valence-corrected chi connectivity index (χ3v) is 22.5. The topological polar surface area (TPSA) is 155 Å². The van der Waals surface area contributed by atoms with E-state index in [1.54, 1.807) is 72.3 Å². The molecule has 134 heavy (non-hydrogen) atoms. The highest BCUT2D eigenvalue weighted by molar-refractivity contribution is 7.09. The van der Waals surface area contributed by atoms with Gasteiger partial charge < -0.3 is 28.4 Å². The Morgan fingerprint density at radius 1 is 0.336 bits per heavy atom. The van der Waals surface area contributed by atoms with Crippen LogP contribution in [0.4, 0.5) is 0 Å². The van der Waals surface area contributed by atoms with E-state index in [0.29, 0.717) is 53.3 Å². The van der Waals surface area contributed by atoms with Gasteiger partial charge in [0.05, 0.1) is 24.7 Å². The highest BCUT2D eigenvalue weighted by atomic mass is 32.1. The van der Waals surface area contributed by atoms with Gasteiger partial charge in [-0.05, 0) is 240 Å². The lowest BCUT2D eigenvalue weighted by Gasteiger charge is -2.33. The number of ether oxygens (including phenoxy) is 2. The van der Waals surface area contributed by atoms with Gasteiger partial charge in [-0.15, -0.1) is 22.7 Å². The van der Waals surface area contributed by atoms with Crippen LogP contribution in [-0.2, 0) is 26.3 Å². The van der Waals surface area contributed by atoms with Crippen molar-refractivity contribution >= 4 is 22.7 Å². The van der Waals surface area contributed by atoms with Crippen LogP contribution in [0.1, 0.15) is 319 Å². The number of hydrogen-bond acceptors (Lipinski definition) is 15. The van der Waals surface area contributed by atoms with Crippen LogP contribution in [0.2, 0.25) is 0 Å². The molecule has 1 fully saturated rings. The summed E-state index contributed by atoms with van der Waals surface area (Å²) in [6, 6.07) is 63.6. The molecule has 0 saturated carbocycles. The van der Waals surface area contributed by atoms with Crippen LogP contribution in [-0.4, -0.2) is 113 Å². The summed E-state index contributed by atoms with van der Waals surface area (Å²) < 4.78 is 14.0. The van der Waals surface area contributed by atoms with Crippen LogP contribution < -0.4 is 15.0 Å². The molecule has 0 N–H and O–H groups in total. The van der Waals surface area contributed by atoms with E-state index in [1.807, 2.05) is 154 Å². The number of piperazine rings is 1. The van der Waals surface area contributed by atoms with Gasteiger partial charge in [-0.3, -0.25) is 29.7 Å². The number of nitrogens with zero attached hydrogens (tertiary/aromatic N) is 12. The fraction of sp³-hybridized carbons (Fsp3) is 0.462. The predicted molar refractivity (Wildman–Crippen MR) is 580 cm³/mol. The molecule has 0 bridgehead atoms. The molecule has 9 aromatic heterocycles. The van der Waals surface area contributed by atoms with Crippen molar-refractivity contribution in [3.63, 3.8) is 0 Å². The zero-order valence-electron chi connectivity index (χ0n) is 88.4. The minimum Gasteiger partial charge on any atom is -0.497 e. The number of hydrogen-bond donors (Lipinski definition) is 0. The summed E-state index contributed by atoms with van der Waals surface area (Å²) in [7, 11) is 7.66. The summed E-state index contributed by atoms with van der Waals surface area (Å²) in [6.45, 7) is 67.3. The zero-order chi connectivity index (χ0) is 100. The number of methoxy groups -OCH3 is 2. The number of benzene rings is 4. The van der Waals surface area contributed by atoms with Crippen molar-refractivity contribution in [1.82, 2.24) is 58.8 Å². The normalized spacial score (nSPS) is 11.3. The Hall–Kier alpha value is -10.4. The first-order chi connectivity index (χ1) is 63.8. The number of thiazole rings is 2. The van der Waals surface area contributed by atoms with Crippen molar-refractivity contribution in [2.24, 2.45) is 30.7 Å². The van der Waals surface area contributed by atoms with Gasteiger partial charge >= 0.3 is 0 Å². The van der Waals surface area contributed by atoms with Gasteiger partial charge in [0, 0.05) is 161 Å². The molecule has 0 atom stereocenters. The first-order valence-corrected chi connectivity index (χ1v) is 50.2. The summed E-state index contributed by atoms with van der Waals surface area (Å²) >= 11 is 3.44. The number of likely N-dealkylation sites (N-methyl/N-ethyl adjacent to an activating group) is 1. The number of pyridine rings is 5. The molecule has 0 amide bonds. The quantitative estimate of drug-likeness (QED) is 0.0711. The highest BCUT2D eigenvalue weighted by Crippen LogP contribution is 2.23. The molecule has 4 aromatic carbocycles. The maximum absolute atomic E-state index is 11.0. The lowest BCUT2D eigenvalue weighted by atomic mass is 10.0. The Balaban J connectivity index is 0.000000722. The van der Waals surface area contributed by atoms with Crippen molar-refractivity contribution in [1.29, 1.82) is 0 Å². The molecular weight excluding hydrogens is 1690 g/mol. The summed E-state index contributed by atoms with van der Waals surface area (Å²) in [5.74, 6) is 10.4. The zero-order valence-corrected chi connectivity index (χ0v) is 90.0. The SMILES string of the molecule is CC(C)CN1CCN(C)CC1.CC(C)Cc1ccccc1.CC(C)Cc1cccnc1.CC(C)Cc1ccncc1.CC(C)c1ccccc1.CC(C)c1cccn1C.CC(C)c1cccnc1.CC(C)c1ccncc1.CC(C)c1cncnc1.CC(C)c1cncs1.CC(C)c1nccs1.CC(C)n1ccccc1=O.COc1ccc(C(C)C)cc1.COc1cccc(C(C)C)c1. The maximum Gasteiger partial charge on any atom is 0.250 e. The molecule has 732 valence electrons. The van der Waals surface area contributed by atoms with Crippen LogP contribution in [0.5, 0.6) is 11.5 Å².